The number of likely N-dealkylation sites (tertiary alicyclic amines) is 1. The number of methoxy groups -OCH3 is 2. The van der Waals surface area contributed by atoms with Crippen LogP contribution in [0.2, 0.25) is 0 Å². The average Bonchev–Trinajstić information content (AvgIpc) is 3.09. The normalized spacial score (nSPS) is 17.9. The maximum absolute atomic E-state index is 9.16. The maximum Gasteiger partial charge on any atom is 0.161 e. The summed E-state index contributed by atoms with van der Waals surface area (Å²) in [4.78, 5) is 2.51. The van der Waals surface area contributed by atoms with E-state index in [-0.39, 0.29) is 6.61 Å². The van der Waals surface area contributed by atoms with E-state index in [1.165, 1.54) is 17.5 Å². The van der Waals surface area contributed by atoms with E-state index in [0.717, 1.165) is 36.6 Å². The van der Waals surface area contributed by atoms with Crippen LogP contribution in [0.4, 0.5) is 0 Å². The first-order chi connectivity index (χ1) is 11.7. The van der Waals surface area contributed by atoms with Gasteiger partial charge in [-0.15, -0.1) is 0 Å². The summed E-state index contributed by atoms with van der Waals surface area (Å²) in [5.41, 5.74) is 3.51. The van der Waals surface area contributed by atoms with Gasteiger partial charge in [-0.25, -0.2) is 0 Å². The van der Waals surface area contributed by atoms with Crippen molar-refractivity contribution in [1.82, 2.24) is 4.90 Å². The summed E-state index contributed by atoms with van der Waals surface area (Å²) < 4.78 is 10.8. The SMILES string of the molecule is COc1ccc(C2CCCN2Cc2ccc(CO)cc2)cc1OC. The largest absolute Gasteiger partial charge is 0.493 e. The molecule has 1 saturated heterocycles. The molecular weight excluding hydrogens is 302 g/mol. The third-order valence-electron chi connectivity index (χ3n) is 4.75. The molecule has 2 aromatic rings. The Morgan fingerprint density at radius 2 is 1.71 bits per heavy atom. The van der Waals surface area contributed by atoms with E-state index >= 15 is 0 Å². The average molecular weight is 327 g/mol. The Morgan fingerprint density at radius 1 is 1.00 bits per heavy atom. The lowest BCUT2D eigenvalue weighted by Gasteiger charge is -2.25. The number of benzene rings is 2. The third-order valence-corrected chi connectivity index (χ3v) is 4.75. The van der Waals surface area contributed by atoms with Gasteiger partial charge in [0.15, 0.2) is 11.5 Å². The molecule has 1 N–H and O–H groups in total. The number of hydrogen-bond donors (Lipinski definition) is 1. The molecule has 0 saturated carbocycles. The summed E-state index contributed by atoms with van der Waals surface area (Å²) in [7, 11) is 3.34. The van der Waals surface area contributed by atoms with E-state index in [1.807, 2.05) is 18.2 Å². The van der Waals surface area contributed by atoms with Crippen molar-refractivity contribution in [3.05, 3.63) is 59.2 Å². The second-order valence-corrected chi connectivity index (χ2v) is 6.22. The van der Waals surface area contributed by atoms with Gasteiger partial charge in [0.05, 0.1) is 20.8 Å². The molecule has 24 heavy (non-hydrogen) atoms. The first-order valence-electron chi connectivity index (χ1n) is 8.40. The van der Waals surface area contributed by atoms with Crippen molar-refractivity contribution in [1.29, 1.82) is 0 Å². The number of ether oxygens (including phenoxy) is 2. The van der Waals surface area contributed by atoms with Gasteiger partial charge in [0.1, 0.15) is 0 Å². The summed E-state index contributed by atoms with van der Waals surface area (Å²) in [5, 5.41) is 9.16. The standard InChI is InChI=1S/C20H25NO3/c1-23-19-10-9-17(12-20(19)24-2)18-4-3-11-21(18)13-15-5-7-16(14-22)8-6-15/h5-10,12,18,22H,3-4,11,13-14H2,1-2H3. The molecule has 1 aliphatic rings. The van der Waals surface area contributed by atoms with Crippen molar-refractivity contribution in [3.63, 3.8) is 0 Å². The molecule has 1 aliphatic heterocycles. The number of aliphatic hydroxyl groups is 1. The minimum absolute atomic E-state index is 0.0955. The highest BCUT2D eigenvalue weighted by atomic mass is 16.5. The second-order valence-electron chi connectivity index (χ2n) is 6.22. The molecule has 1 fully saturated rings. The van der Waals surface area contributed by atoms with Crippen molar-refractivity contribution >= 4 is 0 Å². The molecule has 4 heteroatoms. The van der Waals surface area contributed by atoms with Crippen LogP contribution in [0.1, 0.15) is 35.6 Å². The van der Waals surface area contributed by atoms with Crippen LogP contribution in [-0.4, -0.2) is 30.8 Å². The smallest absolute Gasteiger partial charge is 0.161 e. The van der Waals surface area contributed by atoms with Gasteiger partial charge in [-0.05, 0) is 48.2 Å². The van der Waals surface area contributed by atoms with Gasteiger partial charge in [0.25, 0.3) is 0 Å². The van der Waals surface area contributed by atoms with Crippen LogP contribution in [0.25, 0.3) is 0 Å². The molecule has 2 aromatic carbocycles. The fraction of sp³-hybridized carbons (Fsp3) is 0.400. The van der Waals surface area contributed by atoms with Crippen molar-refractivity contribution in [3.8, 4) is 11.5 Å². The Bertz CT molecular complexity index is 669. The minimum atomic E-state index is 0.0955. The number of rotatable bonds is 6. The number of hydrogen-bond acceptors (Lipinski definition) is 4. The summed E-state index contributed by atoms with van der Waals surface area (Å²) in [6.07, 6.45) is 2.36. The Morgan fingerprint density at radius 3 is 2.38 bits per heavy atom. The van der Waals surface area contributed by atoms with Crippen molar-refractivity contribution in [2.45, 2.75) is 32.0 Å². The molecule has 4 nitrogen and oxygen atoms in total. The van der Waals surface area contributed by atoms with E-state index in [9.17, 15) is 0 Å². The molecule has 1 heterocycles. The Kier molecular flexibility index (Phi) is 5.38. The summed E-state index contributed by atoms with van der Waals surface area (Å²) in [6, 6.07) is 14.8. The van der Waals surface area contributed by atoms with Crippen LogP contribution in [0.5, 0.6) is 11.5 Å². The molecule has 0 aromatic heterocycles. The lowest BCUT2D eigenvalue weighted by atomic mass is 10.0. The van der Waals surface area contributed by atoms with E-state index in [0.29, 0.717) is 6.04 Å². The molecule has 1 atom stereocenters. The molecule has 0 bridgehead atoms. The van der Waals surface area contributed by atoms with E-state index < -0.39 is 0 Å². The van der Waals surface area contributed by atoms with E-state index in [2.05, 4.69) is 29.2 Å². The molecule has 0 aliphatic carbocycles. The highest BCUT2D eigenvalue weighted by Crippen LogP contribution is 2.37. The van der Waals surface area contributed by atoms with Gasteiger partial charge in [0.2, 0.25) is 0 Å². The second kappa shape index (κ2) is 7.69. The Hall–Kier alpha value is -2.04. The molecule has 0 amide bonds. The third kappa shape index (κ3) is 3.55. The predicted molar refractivity (Wildman–Crippen MR) is 94.3 cm³/mol. The lowest BCUT2D eigenvalue weighted by Crippen LogP contribution is -2.22. The Balaban J connectivity index is 1.77. The van der Waals surface area contributed by atoms with Crippen molar-refractivity contribution in [2.24, 2.45) is 0 Å². The number of nitrogens with zero attached hydrogens (tertiary/aromatic N) is 1. The topological polar surface area (TPSA) is 41.9 Å². The zero-order valence-corrected chi connectivity index (χ0v) is 14.4. The van der Waals surface area contributed by atoms with E-state index in [4.69, 9.17) is 14.6 Å². The fourth-order valence-electron chi connectivity index (χ4n) is 3.44. The zero-order chi connectivity index (χ0) is 16.9. The minimum Gasteiger partial charge on any atom is -0.493 e. The molecule has 0 radical (unpaired) electrons. The van der Waals surface area contributed by atoms with Crippen LogP contribution < -0.4 is 9.47 Å². The first kappa shape index (κ1) is 16.8. The summed E-state index contributed by atoms with van der Waals surface area (Å²) in [6.45, 7) is 2.11. The highest BCUT2D eigenvalue weighted by molar-refractivity contribution is 5.44. The van der Waals surface area contributed by atoms with Gasteiger partial charge in [-0.1, -0.05) is 30.3 Å². The summed E-state index contributed by atoms with van der Waals surface area (Å²) in [5.74, 6) is 1.56. The fourth-order valence-corrected chi connectivity index (χ4v) is 3.44. The molecule has 128 valence electrons. The lowest BCUT2D eigenvalue weighted by molar-refractivity contribution is 0.247. The monoisotopic (exact) mass is 327 g/mol. The predicted octanol–water partition coefficient (Wildman–Crippen LogP) is 3.53. The van der Waals surface area contributed by atoms with Gasteiger partial charge >= 0.3 is 0 Å². The highest BCUT2D eigenvalue weighted by Gasteiger charge is 2.26. The quantitative estimate of drug-likeness (QED) is 0.881. The van der Waals surface area contributed by atoms with Crippen molar-refractivity contribution in [2.75, 3.05) is 20.8 Å². The van der Waals surface area contributed by atoms with Crippen LogP contribution in [-0.2, 0) is 13.2 Å². The van der Waals surface area contributed by atoms with Gasteiger partial charge in [0, 0.05) is 12.6 Å². The van der Waals surface area contributed by atoms with E-state index in [1.54, 1.807) is 14.2 Å². The Labute approximate surface area is 143 Å². The van der Waals surface area contributed by atoms with Gasteiger partial charge in [-0.2, -0.15) is 0 Å². The number of aliphatic hydroxyl groups excluding tert-OH is 1. The van der Waals surface area contributed by atoms with Crippen molar-refractivity contribution < 1.29 is 14.6 Å². The van der Waals surface area contributed by atoms with Gasteiger partial charge in [-0.3, -0.25) is 4.90 Å². The summed E-state index contributed by atoms with van der Waals surface area (Å²) >= 11 is 0. The van der Waals surface area contributed by atoms with Gasteiger partial charge < -0.3 is 14.6 Å². The molecule has 3 rings (SSSR count). The van der Waals surface area contributed by atoms with Crippen LogP contribution >= 0.6 is 0 Å². The van der Waals surface area contributed by atoms with Crippen LogP contribution in [0.3, 0.4) is 0 Å². The maximum atomic E-state index is 9.16. The molecule has 1 unspecified atom stereocenters. The van der Waals surface area contributed by atoms with Crippen LogP contribution in [0, 0.1) is 0 Å². The molecule has 0 spiro atoms. The van der Waals surface area contributed by atoms with Crippen LogP contribution in [0.15, 0.2) is 42.5 Å². The molecular formula is C20H25NO3. The first-order valence-corrected chi connectivity index (χ1v) is 8.40. The zero-order valence-electron chi connectivity index (χ0n) is 14.4.